The molecule has 0 saturated carbocycles. The highest BCUT2D eigenvalue weighted by atomic mass is 32.1. The van der Waals surface area contributed by atoms with Crippen LogP contribution < -0.4 is 0 Å². The Morgan fingerprint density at radius 2 is 1.06 bits per heavy atom. The van der Waals surface area contributed by atoms with Gasteiger partial charge in [0.15, 0.2) is 17.5 Å². The summed E-state index contributed by atoms with van der Waals surface area (Å²) in [5.41, 5.74) is 6.63. The largest absolute Gasteiger partial charge is 0.455 e. The SMILES string of the molecule is c1ccc(-c2nc(-c3ccccc3)nc(-c3ccc(-c4cccc5sc6c7ccccc7ccc6c45)c4oc5ccccc5c34)n2)cc1. The van der Waals surface area contributed by atoms with Crippen LogP contribution in [0.2, 0.25) is 0 Å². The van der Waals surface area contributed by atoms with E-state index in [1.165, 1.54) is 30.9 Å². The van der Waals surface area contributed by atoms with Crippen molar-refractivity contribution in [3.8, 4) is 45.3 Å². The van der Waals surface area contributed by atoms with Crippen molar-refractivity contribution in [1.82, 2.24) is 15.0 Å². The van der Waals surface area contributed by atoms with Crippen molar-refractivity contribution < 1.29 is 4.42 Å². The van der Waals surface area contributed by atoms with E-state index in [-0.39, 0.29) is 0 Å². The Labute approximate surface area is 279 Å². The first-order chi connectivity index (χ1) is 23.8. The molecule has 0 atom stereocenters. The maximum atomic E-state index is 6.77. The Balaban J connectivity index is 1.27. The van der Waals surface area contributed by atoms with Crippen molar-refractivity contribution >= 4 is 64.2 Å². The van der Waals surface area contributed by atoms with Crippen molar-refractivity contribution in [3.63, 3.8) is 0 Å². The summed E-state index contributed by atoms with van der Waals surface area (Å²) in [5, 5.41) is 7.06. The van der Waals surface area contributed by atoms with E-state index in [0.717, 1.165) is 49.8 Å². The van der Waals surface area contributed by atoms with Gasteiger partial charge in [0.1, 0.15) is 11.2 Å². The number of nitrogens with zero attached hydrogens (tertiary/aromatic N) is 3. The second-order valence-electron chi connectivity index (χ2n) is 11.9. The molecule has 0 fully saturated rings. The van der Waals surface area contributed by atoms with Crippen molar-refractivity contribution in [2.75, 3.05) is 0 Å². The van der Waals surface area contributed by atoms with Gasteiger partial charge in [0.25, 0.3) is 0 Å². The molecule has 0 bridgehead atoms. The van der Waals surface area contributed by atoms with E-state index in [0.29, 0.717) is 17.5 Å². The minimum Gasteiger partial charge on any atom is -0.455 e. The predicted octanol–water partition coefficient (Wildman–Crippen LogP) is 12.0. The van der Waals surface area contributed by atoms with Crippen LogP contribution in [0.5, 0.6) is 0 Å². The van der Waals surface area contributed by atoms with Gasteiger partial charge in [0.05, 0.1) is 0 Å². The molecule has 0 amide bonds. The number of furan rings is 1. The van der Waals surface area contributed by atoms with Crippen LogP contribution in [0.3, 0.4) is 0 Å². The van der Waals surface area contributed by atoms with Crippen molar-refractivity contribution in [2.45, 2.75) is 0 Å². The zero-order valence-electron chi connectivity index (χ0n) is 25.6. The van der Waals surface area contributed by atoms with Crippen LogP contribution in [0.4, 0.5) is 0 Å². The Morgan fingerprint density at radius 1 is 0.417 bits per heavy atom. The molecule has 3 heterocycles. The number of hydrogen-bond donors (Lipinski definition) is 0. The molecule has 0 unspecified atom stereocenters. The maximum absolute atomic E-state index is 6.77. The van der Waals surface area contributed by atoms with Crippen LogP contribution in [-0.4, -0.2) is 15.0 Å². The molecule has 0 saturated heterocycles. The van der Waals surface area contributed by atoms with E-state index in [1.54, 1.807) is 0 Å². The van der Waals surface area contributed by atoms with Gasteiger partial charge in [-0.2, -0.15) is 0 Å². The Kier molecular flexibility index (Phi) is 6.01. The Morgan fingerprint density at radius 3 is 1.83 bits per heavy atom. The summed E-state index contributed by atoms with van der Waals surface area (Å²) in [4.78, 5) is 15.1. The number of hydrogen-bond acceptors (Lipinski definition) is 5. The van der Waals surface area contributed by atoms with Crippen LogP contribution >= 0.6 is 11.3 Å². The van der Waals surface area contributed by atoms with Crippen LogP contribution in [-0.2, 0) is 0 Å². The van der Waals surface area contributed by atoms with Crippen LogP contribution in [0, 0.1) is 0 Å². The molecule has 0 aliphatic heterocycles. The average Bonchev–Trinajstić information content (AvgIpc) is 3.75. The highest BCUT2D eigenvalue weighted by Gasteiger charge is 2.22. The lowest BCUT2D eigenvalue weighted by molar-refractivity contribution is 0.670. The lowest BCUT2D eigenvalue weighted by Crippen LogP contribution is -2.00. The van der Waals surface area contributed by atoms with Crippen molar-refractivity contribution in [2.24, 2.45) is 0 Å². The standard InChI is InChI=1S/C43H25N3OS/c1-3-13-27(14-4-1)41-44-42(28-15-5-2-6-16-28)46-43(45-41)34-25-24-31(39-38(34)32-18-9-10-20-35(32)47-39)30-19-11-21-36-37(30)33-23-22-26-12-7-8-17-29(26)40(33)48-36/h1-25H. The van der Waals surface area contributed by atoms with Gasteiger partial charge in [0, 0.05) is 53.2 Å². The second-order valence-corrected chi connectivity index (χ2v) is 13.0. The third-order valence-corrected chi connectivity index (χ3v) is 10.3. The smallest absolute Gasteiger partial charge is 0.164 e. The average molecular weight is 632 g/mol. The molecule has 10 aromatic rings. The van der Waals surface area contributed by atoms with E-state index >= 15 is 0 Å². The summed E-state index contributed by atoms with van der Waals surface area (Å²) in [7, 11) is 0. The normalized spacial score (nSPS) is 11.8. The lowest BCUT2D eigenvalue weighted by Gasteiger charge is -2.11. The van der Waals surface area contributed by atoms with Crippen molar-refractivity contribution in [1.29, 1.82) is 0 Å². The minimum atomic E-state index is 0.608. The quantitative estimate of drug-likeness (QED) is 0.194. The van der Waals surface area contributed by atoms with Crippen molar-refractivity contribution in [3.05, 3.63) is 152 Å². The molecule has 4 nitrogen and oxygen atoms in total. The van der Waals surface area contributed by atoms with E-state index in [2.05, 4.69) is 78.9 Å². The fourth-order valence-corrected chi connectivity index (χ4v) is 8.20. The maximum Gasteiger partial charge on any atom is 0.164 e. The summed E-state index contributed by atoms with van der Waals surface area (Å²) in [6, 6.07) is 52.5. The van der Waals surface area contributed by atoms with E-state index < -0.39 is 0 Å². The van der Waals surface area contributed by atoms with E-state index in [9.17, 15) is 0 Å². The molecule has 7 aromatic carbocycles. The van der Waals surface area contributed by atoms with Crippen LogP contribution in [0.1, 0.15) is 0 Å². The molecule has 5 heteroatoms. The first kappa shape index (κ1) is 27.0. The fraction of sp³-hybridized carbons (Fsp3) is 0. The number of rotatable bonds is 4. The third-order valence-electron chi connectivity index (χ3n) is 9.14. The molecule has 224 valence electrons. The van der Waals surface area contributed by atoms with Gasteiger partial charge in [-0.1, -0.05) is 127 Å². The molecule has 3 aromatic heterocycles. The second kappa shape index (κ2) is 10.7. The minimum absolute atomic E-state index is 0.608. The highest BCUT2D eigenvalue weighted by Crippen LogP contribution is 2.47. The van der Waals surface area contributed by atoms with E-state index in [4.69, 9.17) is 19.4 Å². The Bertz CT molecular complexity index is 2780. The van der Waals surface area contributed by atoms with Gasteiger partial charge in [0.2, 0.25) is 0 Å². The summed E-state index contributed by atoms with van der Waals surface area (Å²) >= 11 is 1.85. The molecule has 48 heavy (non-hydrogen) atoms. The fourth-order valence-electron chi connectivity index (χ4n) is 6.93. The molecule has 0 aliphatic rings. The summed E-state index contributed by atoms with van der Waals surface area (Å²) < 4.78 is 9.33. The molecule has 10 rings (SSSR count). The van der Waals surface area contributed by atoms with E-state index in [1.807, 2.05) is 84.1 Å². The number of benzene rings is 7. The zero-order valence-corrected chi connectivity index (χ0v) is 26.4. The molecule has 0 aliphatic carbocycles. The first-order valence-corrected chi connectivity index (χ1v) is 16.8. The molecular formula is C43H25N3OS. The topological polar surface area (TPSA) is 51.8 Å². The van der Waals surface area contributed by atoms with Gasteiger partial charge >= 0.3 is 0 Å². The number of aromatic nitrogens is 3. The van der Waals surface area contributed by atoms with Gasteiger partial charge in [-0.3, -0.25) is 0 Å². The molecule has 0 spiro atoms. The number of fused-ring (bicyclic) bond motifs is 8. The number of thiophene rings is 1. The number of para-hydroxylation sites is 1. The summed E-state index contributed by atoms with van der Waals surface area (Å²) in [6.45, 7) is 0. The molecular weight excluding hydrogens is 607 g/mol. The van der Waals surface area contributed by atoms with Gasteiger partial charge < -0.3 is 4.42 Å². The lowest BCUT2D eigenvalue weighted by atomic mass is 9.94. The molecule has 0 radical (unpaired) electrons. The first-order valence-electron chi connectivity index (χ1n) is 15.9. The third kappa shape index (κ3) is 4.18. The van der Waals surface area contributed by atoms with Crippen LogP contribution in [0.15, 0.2) is 156 Å². The zero-order chi connectivity index (χ0) is 31.6. The molecule has 0 N–H and O–H groups in total. The van der Waals surface area contributed by atoms with Gasteiger partial charge in [-0.25, -0.2) is 15.0 Å². The Hall–Kier alpha value is -6.17. The monoisotopic (exact) mass is 631 g/mol. The van der Waals surface area contributed by atoms with Gasteiger partial charge in [-0.05, 0) is 40.6 Å². The summed E-state index contributed by atoms with van der Waals surface area (Å²) in [6.07, 6.45) is 0. The highest BCUT2D eigenvalue weighted by molar-refractivity contribution is 7.26. The van der Waals surface area contributed by atoms with Gasteiger partial charge in [-0.15, -0.1) is 11.3 Å². The predicted molar refractivity (Wildman–Crippen MR) is 199 cm³/mol. The summed E-state index contributed by atoms with van der Waals surface area (Å²) in [5.74, 6) is 1.87. The van der Waals surface area contributed by atoms with Crippen LogP contribution in [0.25, 0.3) is 98.2 Å².